The number of nitrogens with one attached hydrogen (secondary N) is 1. The van der Waals surface area contributed by atoms with Crippen LogP contribution < -0.4 is 5.32 Å². The van der Waals surface area contributed by atoms with Crippen molar-refractivity contribution in [3.8, 4) is 5.75 Å². The first-order valence-electron chi connectivity index (χ1n) is 6.27. The average molecular weight is 358 g/mol. The molecule has 1 amide bonds. The number of esters is 1. The van der Waals surface area contributed by atoms with Gasteiger partial charge in [-0.05, 0) is 36.4 Å². The molecule has 120 valence electrons. The number of ether oxygens (including phenoxy) is 1. The van der Waals surface area contributed by atoms with Crippen LogP contribution in [-0.2, 0) is 9.53 Å². The summed E-state index contributed by atoms with van der Waals surface area (Å²) in [5.74, 6) is -2.74. The summed E-state index contributed by atoms with van der Waals surface area (Å²) in [6.45, 7) is -0.650. The maximum absolute atomic E-state index is 13.5. The number of benzene rings is 2. The van der Waals surface area contributed by atoms with Crippen LogP contribution in [0.25, 0.3) is 0 Å². The minimum atomic E-state index is -0.911. The molecule has 0 aliphatic rings. The summed E-state index contributed by atoms with van der Waals surface area (Å²) in [5.41, 5.74) is -0.232. The molecule has 0 fully saturated rings. The van der Waals surface area contributed by atoms with Crippen LogP contribution in [0.5, 0.6) is 5.75 Å². The largest absolute Gasteiger partial charge is 0.507 e. The van der Waals surface area contributed by atoms with E-state index in [1.807, 2.05) is 0 Å². The normalized spacial score (nSPS) is 10.2. The molecule has 0 bridgehead atoms. The molecule has 2 N–H and O–H groups in total. The quantitative estimate of drug-likeness (QED) is 0.819. The number of carbonyl (C=O) groups excluding carboxylic acids is 2. The van der Waals surface area contributed by atoms with E-state index in [0.29, 0.717) is 0 Å². The Labute approximate surface area is 140 Å². The zero-order chi connectivity index (χ0) is 17.0. The third-order valence-electron chi connectivity index (χ3n) is 2.72. The number of hydrogen-bond acceptors (Lipinski definition) is 4. The van der Waals surface area contributed by atoms with E-state index in [9.17, 15) is 19.1 Å². The van der Waals surface area contributed by atoms with Gasteiger partial charge >= 0.3 is 5.97 Å². The standard InChI is InChI=1S/C15H10Cl2FNO4/c16-8-2-4-12(11(18)5-8)19-14(21)7-23-15(22)10-3-1-9(17)6-13(10)20/h1-6,20H,7H2,(H,19,21). The number of rotatable bonds is 4. The van der Waals surface area contributed by atoms with Crippen LogP contribution in [0.15, 0.2) is 36.4 Å². The number of amides is 1. The molecule has 0 aromatic heterocycles. The van der Waals surface area contributed by atoms with Crippen molar-refractivity contribution in [3.63, 3.8) is 0 Å². The van der Waals surface area contributed by atoms with Gasteiger partial charge in [0.05, 0.1) is 5.69 Å². The Balaban J connectivity index is 1.94. The molecule has 0 heterocycles. The van der Waals surface area contributed by atoms with Gasteiger partial charge in [0.25, 0.3) is 5.91 Å². The fraction of sp³-hybridized carbons (Fsp3) is 0.0667. The van der Waals surface area contributed by atoms with Crippen LogP contribution in [0.2, 0.25) is 10.0 Å². The first-order valence-corrected chi connectivity index (χ1v) is 7.03. The van der Waals surface area contributed by atoms with Gasteiger partial charge in [0.15, 0.2) is 6.61 Å². The first kappa shape index (κ1) is 17.1. The smallest absolute Gasteiger partial charge is 0.342 e. The minimum Gasteiger partial charge on any atom is -0.507 e. The van der Waals surface area contributed by atoms with E-state index in [1.54, 1.807) is 0 Å². The molecule has 0 saturated carbocycles. The van der Waals surface area contributed by atoms with E-state index in [2.05, 4.69) is 5.32 Å². The van der Waals surface area contributed by atoms with Gasteiger partial charge in [-0.15, -0.1) is 0 Å². The third-order valence-corrected chi connectivity index (χ3v) is 3.19. The Morgan fingerprint density at radius 2 is 1.78 bits per heavy atom. The lowest BCUT2D eigenvalue weighted by Crippen LogP contribution is -2.21. The van der Waals surface area contributed by atoms with E-state index in [-0.39, 0.29) is 27.0 Å². The maximum Gasteiger partial charge on any atom is 0.342 e. The molecule has 0 aliphatic carbocycles. The Morgan fingerprint density at radius 3 is 2.43 bits per heavy atom. The van der Waals surface area contributed by atoms with Crippen LogP contribution in [0.1, 0.15) is 10.4 Å². The number of carbonyl (C=O) groups is 2. The van der Waals surface area contributed by atoms with Crippen LogP contribution in [0.3, 0.4) is 0 Å². The molecule has 2 aromatic carbocycles. The highest BCUT2D eigenvalue weighted by atomic mass is 35.5. The molecule has 0 aliphatic heterocycles. The van der Waals surface area contributed by atoms with E-state index in [1.165, 1.54) is 30.3 Å². The van der Waals surface area contributed by atoms with E-state index >= 15 is 0 Å². The van der Waals surface area contributed by atoms with E-state index in [0.717, 1.165) is 6.07 Å². The van der Waals surface area contributed by atoms with E-state index < -0.39 is 24.3 Å². The maximum atomic E-state index is 13.5. The number of aromatic hydroxyl groups is 1. The van der Waals surface area contributed by atoms with Gasteiger partial charge in [0.1, 0.15) is 17.1 Å². The lowest BCUT2D eigenvalue weighted by atomic mass is 10.2. The Hall–Kier alpha value is -2.31. The SMILES string of the molecule is O=C(COC(=O)c1ccc(Cl)cc1O)Nc1ccc(Cl)cc1F. The molecule has 8 heteroatoms. The minimum absolute atomic E-state index is 0.0928. The summed E-state index contributed by atoms with van der Waals surface area (Å²) >= 11 is 11.2. The fourth-order valence-corrected chi connectivity index (χ4v) is 1.99. The molecule has 2 rings (SSSR count). The predicted molar refractivity (Wildman–Crippen MR) is 83.4 cm³/mol. The highest BCUT2D eigenvalue weighted by Gasteiger charge is 2.15. The van der Waals surface area contributed by atoms with E-state index in [4.69, 9.17) is 27.9 Å². The zero-order valence-corrected chi connectivity index (χ0v) is 13.0. The third kappa shape index (κ3) is 4.58. The van der Waals surface area contributed by atoms with Crippen molar-refractivity contribution in [2.24, 2.45) is 0 Å². The molecule has 0 radical (unpaired) electrons. The molecule has 0 spiro atoms. The molecule has 0 unspecified atom stereocenters. The molecular weight excluding hydrogens is 348 g/mol. The molecule has 23 heavy (non-hydrogen) atoms. The number of phenols is 1. The summed E-state index contributed by atoms with van der Waals surface area (Å²) in [5, 5.41) is 12.2. The van der Waals surface area contributed by atoms with Gasteiger partial charge < -0.3 is 15.2 Å². The van der Waals surface area contributed by atoms with Crippen molar-refractivity contribution in [2.45, 2.75) is 0 Å². The van der Waals surface area contributed by atoms with Gasteiger partial charge in [-0.2, -0.15) is 0 Å². The lowest BCUT2D eigenvalue weighted by molar-refractivity contribution is -0.119. The monoisotopic (exact) mass is 357 g/mol. The van der Waals surface area contributed by atoms with Crippen molar-refractivity contribution in [1.29, 1.82) is 0 Å². The molecule has 5 nitrogen and oxygen atoms in total. The summed E-state index contributed by atoms with van der Waals surface area (Å²) in [6.07, 6.45) is 0. The van der Waals surface area contributed by atoms with Gasteiger partial charge in [-0.3, -0.25) is 4.79 Å². The molecular formula is C15H10Cl2FNO4. The number of halogens is 3. The second kappa shape index (κ2) is 7.30. The van der Waals surface area contributed by atoms with Crippen molar-refractivity contribution >= 4 is 40.8 Å². The van der Waals surface area contributed by atoms with Gasteiger partial charge in [0.2, 0.25) is 0 Å². The summed E-state index contributed by atoms with van der Waals surface area (Å²) in [7, 11) is 0. The zero-order valence-electron chi connectivity index (χ0n) is 11.5. The van der Waals surface area contributed by atoms with Crippen LogP contribution in [-0.4, -0.2) is 23.6 Å². The first-order chi connectivity index (χ1) is 10.9. The Morgan fingerprint density at radius 1 is 1.13 bits per heavy atom. The van der Waals surface area contributed by atoms with Gasteiger partial charge in [0, 0.05) is 10.0 Å². The number of phenolic OH excluding ortho intramolecular Hbond substituents is 1. The van der Waals surface area contributed by atoms with Gasteiger partial charge in [-0.1, -0.05) is 23.2 Å². The topological polar surface area (TPSA) is 75.6 Å². The highest BCUT2D eigenvalue weighted by Crippen LogP contribution is 2.22. The van der Waals surface area contributed by atoms with Crippen molar-refractivity contribution in [1.82, 2.24) is 0 Å². The van der Waals surface area contributed by atoms with Crippen molar-refractivity contribution in [3.05, 3.63) is 57.8 Å². The number of anilines is 1. The number of hydrogen-bond donors (Lipinski definition) is 2. The van der Waals surface area contributed by atoms with Crippen LogP contribution in [0.4, 0.5) is 10.1 Å². The summed E-state index contributed by atoms with van der Waals surface area (Å²) in [6, 6.07) is 7.54. The average Bonchev–Trinajstić information content (AvgIpc) is 2.48. The summed E-state index contributed by atoms with van der Waals surface area (Å²) in [4.78, 5) is 23.4. The Bertz CT molecular complexity index is 767. The second-order valence-electron chi connectivity index (χ2n) is 4.41. The molecule has 0 atom stereocenters. The fourth-order valence-electron chi connectivity index (χ4n) is 1.66. The van der Waals surface area contributed by atoms with Crippen molar-refractivity contribution in [2.75, 3.05) is 11.9 Å². The second-order valence-corrected chi connectivity index (χ2v) is 5.28. The molecule has 2 aromatic rings. The predicted octanol–water partition coefficient (Wildman–Crippen LogP) is 3.63. The summed E-state index contributed by atoms with van der Waals surface area (Å²) < 4.78 is 18.3. The van der Waals surface area contributed by atoms with Gasteiger partial charge in [-0.25, -0.2) is 9.18 Å². The van der Waals surface area contributed by atoms with Crippen LogP contribution >= 0.6 is 23.2 Å². The molecule has 0 saturated heterocycles. The highest BCUT2D eigenvalue weighted by molar-refractivity contribution is 6.31. The van der Waals surface area contributed by atoms with Crippen molar-refractivity contribution < 1.29 is 23.8 Å². The van der Waals surface area contributed by atoms with Crippen LogP contribution in [0, 0.1) is 5.82 Å². The Kier molecular flexibility index (Phi) is 5.41. The lowest BCUT2D eigenvalue weighted by Gasteiger charge is -2.08.